The first-order chi connectivity index (χ1) is 16.7. The van der Waals surface area contributed by atoms with Crippen LogP contribution in [0.2, 0.25) is 0 Å². The van der Waals surface area contributed by atoms with Crippen LogP contribution in [0.15, 0.2) is 45.7 Å². The molecule has 2 aromatic heterocycles. The van der Waals surface area contributed by atoms with Crippen LogP contribution in [-0.4, -0.2) is 47.3 Å². The van der Waals surface area contributed by atoms with E-state index in [1.807, 2.05) is 0 Å². The Labute approximate surface area is 199 Å². The zero-order valence-electron chi connectivity index (χ0n) is 19.3. The molecule has 0 radical (unpaired) electrons. The van der Waals surface area contributed by atoms with E-state index in [1.165, 1.54) is 26.4 Å². The smallest absolute Gasteiger partial charge is 0.340 e. The lowest BCUT2D eigenvalue weighted by molar-refractivity contribution is -0.141. The largest absolute Gasteiger partial charge is 0.508 e. The highest BCUT2D eigenvalue weighted by atomic mass is 16.5. The maximum Gasteiger partial charge on any atom is 0.340 e. The molecule has 182 valence electrons. The van der Waals surface area contributed by atoms with Crippen LogP contribution < -0.4 is 20.4 Å². The van der Waals surface area contributed by atoms with Gasteiger partial charge in [-0.1, -0.05) is 0 Å². The Morgan fingerprint density at radius 3 is 2.63 bits per heavy atom. The van der Waals surface area contributed by atoms with Gasteiger partial charge in [0.1, 0.15) is 28.9 Å². The zero-order valence-corrected chi connectivity index (χ0v) is 19.3. The summed E-state index contributed by atoms with van der Waals surface area (Å²) in [6.45, 7) is 1.67. The molecule has 2 aromatic carbocycles. The Morgan fingerprint density at radius 2 is 1.94 bits per heavy atom. The van der Waals surface area contributed by atoms with Gasteiger partial charge in [0, 0.05) is 35.7 Å². The second-order valence-corrected chi connectivity index (χ2v) is 8.08. The summed E-state index contributed by atoms with van der Waals surface area (Å²) in [6.07, 6.45) is 1.23. The lowest BCUT2D eigenvalue weighted by Crippen LogP contribution is -2.43. The van der Waals surface area contributed by atoms with Crippen molar-refractivity contribution in [2.24, 2.45) is 0 Å². The van der Waals surface area contributed by atoms with Gasteiger partial charge in [-0.3, -0.25) is 4.79 Å². The van der Waals surface area contributed by atoms with Crippen molar-refractivity contribution in [3.05, 3.63) is 63.6 Å². The number of H-pyrrole nitrogens is 1. The first-order valence-corrected chi connectivity index (χ1v) is 10.7. The monoisotopic (exact) mass is 480 g/mol. The van der Waals surface area contributed by atoms with Gasteiger partial charge in [-0.05, 0) is 36.2 Å². The molecule has 4 N–H and O–H groups in total. The van der Waals surface area contributed by atoms with Crippen LogP contribution >= 0.6 is 0 Å². The number of phenols is 1. The second kappa shape index (κ2) is 9.41. The van der Waals surface area contributed by atoms with Gasteiger partial charge >= 0.3 is 11.6 Å². The second-order valence-electron chi connectivity index (χ2n) is 8.08. The average molecular weight is 480 g/mol. The summed E-state index contributed by atoms with van der Waals surface area (Å²) < 4.78 is 16.0. The minimum atomic E-state index is -1.25. The van der Waals surface area contributed by atoms with E-state index in [0.717, 1.165) is 5.52 Å². The summed E-state index contributed by atoms with van der Waals surface area (Å²) in [4.78, 5) is 40.4. The van der Waals surface area contributed by atoms with Crippen molar-refractivity contribution in [1.29, 1.82) is 0 Å². The highest BCUT2D eigenvalue weighted by Gasteiger charge is 2.24. The topological polar surface area (TPSA) is 151 Å². The number of nitrogens with one attached hydrogen (secondary N) is 2. The van der Waals surface area contributed by atoms with Crippen LogP contribution in [0.4, 0.5) is 0 Å². The Kier molecular flexibility index (Phi) is 6.37. The molecule has 0 saturated heterocycles. The van der Waals surface area contributed by atoms with E-state index < -0.39 is 23.5 Å². The minimum absolute atomic E-state index is 0.0244. The van der Waals surface area contributed by atoms with E-state index in [9.17, 15) is 24.6 Å². The number of carbonyl (C=O) groups excluding carboxylic acids is 1. The third-order valence-corrected chi connectivity index (χ3v) is 5.92. The van der Waals surface area contributed by atoms with Gasteiger partial charge < -0.3 is 34.4 Å². The van der Waals surface area contributed by atoms with E-state index in [2.05, 4.69) is 10.3 Å². The number of amides is 1. The first-order valence-electron chi connectivity index (χ1n) is 10.7. The zero-order chi connectivity index (χ0) is 25.3. The molecular formula is C25H24N2O8. The van der Waals surface area contributed by atoms with Crippen LogP contribution in [0.1, 0.15) is 16.7 Å². The number of fused-ring (bicyclic) bond motifs is 2. The predicted octanol–water partition coefficient (Wildman–Crippen LogP) is 2.66. The molecule has 4 aromatic rings. The van der Waals surface area contributed by atoms with Gasteiger partial charge in [-0.2, -0.15) is 0 Å². The molecule has 0 bridgehead atoms. The summed E-state index contributed by atoms with van der Waals surface area (Å²) in [5.41, 5.74) is 1.47. The Morgan fingerprint density at radius 1 is 1.17 bits per heavy atom. The average Bonchev–Trinajstić information content (AvgIpc) is 3.21. The van der Waals surface area contributed by atoms with Crippen molar-refractivity contribution >= 4 is 33.7 Å². The number of rotatable bonds is 8. The third kappa shape index (κ3) is 4.63. The van der Waals surface area contributed by atoms with E-state index in [-0.39, 0.29) is 29.7 Å². The molecule has 0 saturated carbocycles. The van der Waals surface area contributed by atoms with Crippen LogP contribution in [0.25, 0.3) is 21.9 Å². The predicted molar refractivity (Wildman–Crippen MR) is 127 cm³/mol. The van der Waals surface area contributed by atoms with Gasteiger partial charge in [-0.25, -0.2) is 9.59 Å². The SMILES string of the molecule is COc1cc(OC)c2c(C)c(CC(=O)NC(Cc3c[nH]c4ccc(O)cc34)C(=O)O)c(=O)oc2c1. The molecule has 2 heterocycles. The van der Waals surface area contributed by atoms with Gasteiger partial charge in [0.2, 0.25) is 5.91 Å². The molecule has 0 spiro atoms. The Bertz CT molecular complexity index is 1500. The van der Waals surface area contributed by atoms with E-state index in [4.69, 9.17) is 13.9 Å². The van der Waals surface area contributed by atoms with Gasteiger partial charge in [0.15, 0.2) is 0 Å². The number of aromatic nitrogens is 1. The summed E-state index contributed by atoms with van der Waals surface area (Å²) in [5.74, 6) is -0.988. The highest BCUT2D eigenvalue weighted by molar-refractivity contribution is 5.91. The number of aromatic hydroxyl groups is 1. The van der Waals surface area contributed by atoms with Crippen molar-refractivity contribution in [3.8, 4) is 17.2 Å². The molecule has 1 unspecified atom stereocenters. The summed E-state index contributed by atoms with van der Waals surface area (Å²) in [5, 5.41) is 23.1. The van der Waals surface area contributed by atoms with Gasteiger partial charge in [0.25, 0.3) is 0 Å². The number of ether oxygens (including phenoxy) is 2. The van der Waals surface area contributed by atoms with Crippen LogP contribution in [0.3, 0.4) is 0 Å². The number of benzene rings is 2. The molecule has 4 rings (SSSR count). The number of methoxy groups -OCH3 is 2. The fourth-order valence-electron chi connectivity index (χ4n) is 4.13. The molecule has 0 fully saturated rings. The van der Waals surface area contributed by atoms with Crippen molar-refractivity contribution in [2.45, 2.75) is 25.8 Å². The maximum atomic E-state index is 12.8. The Balaban J connectivity index is 1.60. The van der Waals surface area contributed by atoms with Crippen molar-refractivity contribution in [3.63, 3.8) is 0 Å². The van der Waals surface area contributed by atoms with Crippen LogP contribution in [0, 0.1) is 6.92 Å². The number of carboxylic acid groups (broad SMARTS) is 1. The lowest BCUT2D eigenvalue weighted by Gasteiger charge is -2.16. The highest BCUT2D eigenvalue weighted by Crippen LogP contribution is 2.33. The molecule has 1 amide bonds. The van der Waals surface area contributed by atoms with Crippen molar-refractivity contribution in [2.75, 3.05) is 14.2 Å². The molecule has 35 heavy (non-hydrogen) atoms. The Hall–Kier alpha value is -4.47. The molecule has 10 nitrogen and oxygen atoms in total. The maximum absolute atomic E-state index is 12.8. The lowest BCUT2D eigenvalue weighted by atomic mass is 10.0. The summed E-state index contributed by atoms with van der Waals surface area (Å²) in [7, 11) is 2.94. The number of phenolic OH excluding ortho intramolecular Hbond substituents is 1. The number of carbonyl (C=O) groups is 2. The van der Waals surface area contributed by atoms with Gasteiger partial charge in [0.05, 0.1) is 31.6 Å². The molecule has 0 aliphatic rings. The van der Waals surface area contributed by atoms with Crippen molar-refractivity contribution < 1.29 is 33.7 Å². The normalized spacial score (nSPS) is 12.0. The van der Waals surface area contributed by atoms with Crippen LogP contribution in [-0.2, 0) is 22.4 Å². The number of hydrogen-bond donors (Lipinski definition) is 4. The first kappa shape index (κ1) is 23.7. The fourth-order valence-corrected chi connectivity index (χ4v) is 4.13. The minimum Gasteiger partial charge on any atom is -0.508 e. The standard InChI is InChI=1S/C25H24N2O8/c1-12-16(25(32)35-21-9-15(33-2)8-20(34-3)23(12)21)10-22(29)27-19(24(30)31)6-13-11-26-18-5-4-14(28)7-17(13)18/h4-5,7-9,11,19,26,28H,6,10H2,1-3H3,(H,27,29)(H,30,31). The molecule has 0 aliphatic carbocycles. The van der Waals surface area contributed by atoms with Crippen molar-refractivity contribution in [1.82, 2.24) is 10.3 Å². The number of hydrogen-bond acceptors (Lipinski definition) is 7. The van der Waals surface area contributed by atoms with Crippen LogP contribution in [0.5, 0.6) is 17.2 Å². The molecule has 0 aliphatic heterocycles. The third-order valence-electron chi connectivity index (χ3n) is 5.92. The number of carboxylic acids is 1. The van der Waals surface area contributed by atoms with E-state index >= 15 is 0 Å². The summed E-state index contributed by atoms with van der Waals surface area (Å²) in [6, 6.07) is 6.65. The van der Waals surface area contributed by atoms with E-state index in [0.29, 0.717) is 33.4 Å². The quantitative estimate of drug-likeness (QED) is 0.281. The fraction of sp³-hybridized carbons (Fsp3) is 0.240. The van der Waals surface area contributed by atoms with Gasteiger partial charge in [-0.15, -0.1) is 0 Å². The van der Waals surface area contributed by atoms with E-state index in [1.54, 1.807) is 31.3 Å². The number of aromatic amines is 1. The number of aliphatic carboxylic acids is 1. The molecule has 1 atom stereocenters. The molecule has 10 heteroatoms. The molecular weight excluding hydrogens is 456 g/mol. The summed E-state index contributed by atoms with van der Waals surface area (Å²) >= 11 is 0. The number of aryl methyl sites for hydroxylation is 1.